The third-order valence-electron chi connectivity index (χ3n) is 2.01. The molecule has 17 heavy (non-hydrogen) atoms. The monoisotopic (exact) mass is 256 g/mol. The fourth-order valence-corrected chi connectivity index (χ4v) is 1.98. The van der Waals surface area contributed by atoms with Crippen LogP contribution >= 0.6 is 0 Å². The second-order valence-corrected chi connectivity index (χ2v) is 5.13. The fraction of sp³-hybridized carbons (Fsp3) is 0.364. The standard InChI is InChI=1S/C11H16N2O3S/c1-4-16-10(3)12-13-17(14,15)11-7-5-9(2)6-8-11/h5-8,13H,4H2,1-3H3/b12-10+. The van der Waals surface area contributed by atoms with Gasteiger partial charge in [-0.25, -0.2) is 0 Å². The highest BCUT2D eigenvalue weighted by Gasteiger charge is 2.12. The van der Waals surface area contributed by atoms with Gasteiger partial charge in [-0.05, 0) is 26.0 Å². The number of hydrazone groups is 1. The molecule has 0 bridgehead atoms. The first-order valence-electron chi connectivity index (χ1n) is 5.21. The number of rotatable bonds is 4. The normalized spacial score (nSPS) is 12.3. The van der Waals surface area contributed by atoms with Gasteiger partial charge in [0.2, 0.25) is 5.90 Å². The third-order valence-corrected chi connectivity index (χ3v) is 3.23. The van der Waals surface area contributed by atoms with E-state index in [1.807, 2.05) is 6.92 Å². The maximum absolute atomic E-state index is 11.8. The minimum Gasteiger partial charge on any atom is -0.480 e. The molecule has 0 unspecified atom stereocenters. The van der Waals surface area contributed by atoms with Crippen LogP contribution < -0.4 is 4.83 Å². The van der Waals surface area contributed by atoms with Gasteiger partial charge in [-0.1, -0.05) is 17.7 Å². The van der Waals surface area contributed by atoms with Crippen LogP contribution in [0.25, 0.3) is 0 Å². The lowest BCUT2D eigenvalue weighted by molar-refractivity contribution is 0.322. The SMILES string of the molecule is CCO/C(C)=N/NS(=O)(=O)c1ccc(C)cc1. The van der Waals surface area contributed by atoms with Gasteiger partial charge in [0, 0.05) is 6.92 Å². The molecule has 6 heteroatoms. The average Bonchev–Trinajstić information content (AvgIpc) is 2.28. The third kappa shape index (κ3) is 4.07. The highest BCUT2D eigenvalue weighted by molar-refractivity contribution is 7.89. The van der Waals surface area contributed by atoms with Gasteiger partial charge in [-0.3, -0.25) is 0 Å². The number of aryl methyl sites for hydroxylation is 1. The predicted molar refractivity (Wildman–Crippen MR) is 66.2 cm³/mol. The van der Waals surface area contributed by atoms with Crippen LogP contribution in [0.4, 0.5) is 0 Å². The van der Waals surface area contributed by atoms with Gasteiger partial charge >= 0.3 is 0 Å². The maximum Gasteiger partial charge on any atom is 0.276 e. The van der Waals surface area contributed by atoms with Crippen LogP contribution in [0.3, 0.4) is 0 Å². The molecule has 1 rings (SSSR count). The van der Waals surface area contributed by atoms with Crippen molar-refractivity contribution in [1.82, 2.24) is 4.83 Å². The van der Waals surface area contributed by atoms with Crippen molar-refractivity contribution in [3.8, 4) is 0 Å². The zero-order valence-electron chi connectivity index (χ0n) is 10.1. The molecule has 1 aromatic carbocycles. The number of nitrogens with zero attached hydrogens (tertiary/aromatic N) is 1. The van der Waals surface area contributed by atoms with E-state index in [1.54, 1.807) is 26.0 Å². The van der Waals surface area contributed by atoms with Crippen molar-refractivity contribution in [2.75, 3.05) is 6.61 Å². The minimum atomic E-state index is -3.61. The quantitative estimate of drug-likeness (QED) is 0.506. The molecular weight excluding hydrogens is 240 g/mol. The molecule has 0 aromatic heterocycles. The van der Waals surface area contributed by atoms with Gasteiger partial charge in [-0.15, -0.1) is 5.10 Å². The number of sulfonamides is 1. The van der Waals surface area contributed by atoms with Crippen LogP contribution in [0.2, 0.25) is 0 Å². The molecule has 0 saturated heterocycles. The first-order chi connectivity index (χ1) is 7.95. The summed E-state index contributed by atoms with van der Waals surface area (Å²) >= 11 is 0. The second kappa shape index (κ2) is 5.67. The Bertz CT molecular complexity index is 492. The maximum atomic E-state index is 11.8. The Morgan fingerprint density at radius 1 is 1.35 bits per heavy atom. The summed E-state index contributed by atoms with van der Waals surface area (Å²) in [7, 11) is -3.61. The number of nitrogens with one attached hydrogen (secondary N) is 1. The van der Waals surface area contributed by atoms with Crippen LogP contribution in [-0.2, 0) is 14.8 Å². The summed E-state index contributed by atoms with van der Waals surface area (Å²) in [5.74, 6) is 0.281. The second-order valence-electron chi connectivity index (χ2n) is 3.47. The van der Waals surface area contributed by atoms with Gasteiger partial charge < -0.3 is 4.74 Å². The van der Waals surface area contributed by atoms with Crippen LogP contribution in [0.15, 0.2) is 34.3 Å². The first-order valence-corrected chi connectivity index (χ1v) is 6.69. The zero-order valence-corrected chi connectivity index (χ0v) is 10.9. The highest BCUT2D eigenvalue weighted by Crippen LogP contribution is 2.09. The number of hydrogen-bond acceptors (Lipinski definition) is 4. The predicted octanol–water partition coefficient (Wildman–Crippen LogP) is 1.64. The van der Waals surface area contributed by atoms with E-state index in [-0.39, 0.29) is 10.8 Å². The smallest absolute Gasteiger partial charge is 0.276 e. The van der Waals surface area contributed by atoms with E-state index in [0.717, 1.165) is 5.56 Å². The first kappa shape index (κ1) is 13.5. The van der Waals surface area contributed by atoms with Crippen LogP contribution in [-0.4, -0.2) is 20.9 Å². The van der Waals surface area contributed by atoms with Crippen molar-refractivity contribution >= 4 is 15.9 Å². The van der Waals surface area contributed by atoms with E-state index in [1.165, 1.54) is 12.1 Å². The average molecular weight is 256 g/mol. The molecule has 0 atom stereocenters. The molecule has 5 nitrogen and oxygen atoms in total. The van der Waals surface area contributed by atoms with E-state index in [0.29, 0.717) is 6.61 Å². The van der Waals surface area contributed by atoms with Gasteiger partial charge in [0.05, 0.1) is 11.5 Å². The van der Waals surface area contributed by atoms with E-state index in [9.17, 15) is 8.42 Å². The number of ether oxygens (including phenoxy) is 1. The summed E-state index contributed by atoms with van der Waals surface area (Å²) < 4.78 is 28.6. The Balaban J connectivity index is 2.82. The molecule has 0 fully saturated rings. The number of hydrogen-bond donors (Lipinski definition) is 1. The molecule has 0 aliphatic carbocycles. The van der Waals surface area contributed by atoms with Gasteiger partial charge in [0.1, 0.15) is 0 Å². The molecule has 1 aromatic rings. The molecule has 94 valence electrons. The minimum absolute atomic E-state index is 0.177. The molecule has 0 heterocycles. The molecule has 0 radical (unpaired) electrons. The summed E-state index contributed by atoms with van der Waals surface area (Å²) in [5, 5.41) is 3.64. The van der Waals surface area contributed by atoms with Crippen molar-refractivity contribution in [2.45, 2.75) is 25.7 Å². The Morgan fingerprint density at radius 2 is 1.94 bits per heavy atom. The van der Waals surface area contributed by atoms with Crippen LogP contribution in [0, 0.1) is 6.92 Å². The van der Waals surface area contributed by atoms with Crippen molar-refractivity contribution in [3.63, 3.8) is 0 Å². The van der Waals surface area contributed by atoms with Crippen molar-refractivity contribution in [2.24, 2.45) is 5.10 Å². The summed E-state index contributed by atoms with van der Waals surface area (Å²) in [6.45, 7) is 5.72. The van der Waals surface area contributed by atoms with E-state index in [2.05, 4.69) is 9.93 Å². The molecule has 0 saturated carbocycles. The van der Waals surface area contributed by atoms with Crippen molar-refractivity contribution < 1.29 is 13.2 Å². The molecule has 0 aliphatic heterocycles. The summed E-state index contributed by atoms with van der Waals surface area (Å²) in [5.41, 5.74) is 0.998. The largest absolute Gasteiger partial charge is 0.480 e. The summed E-state index contributed by atoms with van der Waals surface area (Å²) in [4.78, 5) is 2.29. The van der Waals surface area contributed by atoms with Gasteiger partial charge in [0.25, 0.3) is 10.0 Å². The molecule has 0 aliphatic rings. The van der Waals surface area contributed by atoms with E-state index >= 15 is 0 Å². The molecule has 0 amide bonds. The lowest BCUT2D eigenvalue weighted by Crippen LogP contribution is -2.20. The summed E-state index contributed by atoms with van der Waals surface area (Å²) in [6.07, 6.45) is 0. The molecule has 0 spiro atoms. The molecular formula is C11H16N2O3S. The van der Waals surface area contributed by atoms with E-state index < -0.39 is 10.0 Å². The lowest BCUT2D eigenvalue weighted by atomic mass is 10.2. The Morgan fingerprint density at radius 3 is 2.47 bits per heavy atom. The topological polar surface area (TPSA) is 67.8 Å². The fourth-order valence-electron chi connectivity index (χ4n) is 1.14. The Hall–Kier alpha value is -1.56. The van der Waals surface area contributed by atoms with Crippen molar-refractivity contribution in [3.05, 3.63) is 29.8 Å². The highest BCUT2D eigenvalue weighted by atomic mass is 32.2. The van der Waals surface area contributed by atoms with Crippen LogP contribution in [0.5, 0.6) is 0 Å². The molecule has 1 N–H and O–H groups in total. The Labute approximate surface area is 102 Å². The zero-order chi connectivity index (χ0) is 12.9. The van der Waals surface area contributed by atoms with Gasteiger partial charge in [-0.2, -0.15) is 13.2 Å². The number of benzene rings is 1. The van der Waals surface area contributed by atoms with E-state index in [4.69, 9.17) is 4.74 Å². The van der Waals surface area contributed by atoms with Crippen molar-refractivity contribution in [1.29, 1.82) is 0 Å². The van der Waals surface area contributed by atoms with Crippen LogP contribution in [0.1, 0.15) is 19.4 Å². The summed E-state index contributed by atoms with van der Waals surface area (Å²) in [6, 6.07) is 6.52. The lowest BCUT2D eigenvalue weighted by Gasteiger charge is -2.05. The Kier molecular flexibility index (Phi) is 4.51. The van der Waals surface area contributed by atoms with Gasteiger partial charge in [0.15, 0.2) is 0 Å².